The monoisotopic (exact) mass is 212 g/mol. The second-order valence-corrected chi connectivity index (χ2v) is 5.89. The van der Waals surface area contributed by atoms with E-state index in [1.807, 2.05) is 31.2 Å². The van der Waals surface area contributed by atoms with E-state index < -0.39 is 9.92 Å². The predicted molar refractivity (Wildman–Crippen MR) is 61.0 cm³/mol. The van der Waals surface area contributed by atoms with Crippen LogP contribution in [0.1, 0.15) is 5.56 Å². The van der Waals surface area contributed by atoms with Crippen molar-refractivity contribution in [1.29, 1.82) is 0 Å². The lowest BCUT2D eigenvalue weighted by molar-refractivity contribution is 0.598. The molecule has 1 unspecified atom stereocenters. The molecule has 3 nitrogen and oxygen atoms in total. The molecule has 1 aromatic carbocycles. The van der Waals surface area contributed by atoms with E-state index in [0.29, 0.717) is 0 Å². The average molecular weight is 212 g/mol. The Morgan fingerprint density at radius 2 is 1.86 bits per heavy atom. The fraction of sp³-hybridized carbons (Fsp3) is 0.400. The van der Waals surface area contributed by atoms with E-state index in [9.17, 15) is 4.21 Å². The highest BCUT2D eigenvalue weighted by molar-refractivity contribution is 7.90. The first-order chi connectivity index (χ1) is 6.43. The van der Waals surface area contributed by atoms with E-state index in [4.69, 9.17) is 0 Å². The Balaban J connectivity index is 3.23. The summed E-state index contributed by atoms with van der Waals surface area (Å²) in [5.41, 5.74) is 1.85. The van der Waals surface area contributed by atoms with Crippen LogP contribution in [0.25, 0.3) is 0 Å². The minimum Gasteiger partial charge on any atom is -0.234 e. The summed E-state index contributed by atoms with van der Waals surface area (Å²) in [6.07, 6.45) is 1.64. The highest BCUT2D eigenvalue weighted by Crippen LogP contribution is 2.19. The molecular weight excluding hydrogens is 196 g/mol. The van der Waals surface area contributed by atoms with E-state index in [-0.39, 0.29) is 0 Å². The molecule has 0 fully saturated rings. The van der Waals surface area contributed by atoms with Gasteiger partial charge in [-0.05, 0) is 18.6 Å². The van der Waals surface area contributed by atoms with E-state index in [2.05, 4.69) is 4.36 Å². The lowest BCUT2D eigenvalue weighted by Crippen LogP contribution is -2.19. The van der Waals surface area contributed by atoms with Crippen LogP contribution in [-0.2, 0) is 9.92 Å². The second kappa shape index (κ2) is 4.11. The minimum absolute atomic E-state index is 0.800. The first kappa shape index (κ1) is 11.2. The van der Waals surface area contributed by atoms with Crippen molar-refractivity contribution in [2.24, 2.45) is 4.36 Å². The molecular formula is C10H16N2OS. The highest BCUT2D eigenvalue weighted by atomic mass is 32.2. The summed E-state index contributed by atoms with van der Waals surface area (Å²) >= 11 is 0. The molecule has 0 N–H and O–H groups in total. The van der Waals surface area contributed by atoms with Crippen molar-refractivity contribution in [3.05, 3.63) is 29.8 Å². The summed E-state index contributed by atoms with van der Waals surface area (Å²) in [6, 6.07) is 7.69. The van der Waals surface area contributed by atoms with Gasteiger partial charge in [0.15, 0.2) is 0 Å². The van der Waals surface area contributed by atoms with Crippen LogP contribution in [0.4, 0.5) is 5.69 Å². The van der Waals surface area contributed by atoms with Crippen molar-refractivity contribution < 1.29 is 4.21 Å². The quantitative estimate of drug-likeness (QED) is 0.739. The van der Waals surface area contributed by atoms with Gasteiger partial charge in [-0.1, -0.05) is 18.2 Å². The van der Waals surface area contributed by atoms with Gasteiger partial charge in [0.1, 0.15) is 9.92 Å². The molecule has 1 atom stereocenters. The first-order valence-electron chi connectivity index (χ1n) is 4.39. The lowest BCUT2D eigenvalue weighted by atomic mass is 10.2. The summed E-state index contributed by atoms with van der Waals surface area (Å²) in [5.74, 6) is 0. The summed E-state index contributed by atoms with van der Waals surface area (Å²) in [4.78, 5) is 0. The van der Waals surface area contributed by atoms with Gasteiger partial charge in [-0.3, -0.25) is 0 Å². The lowest BCUT2D eigenvalue weighted by Gasteiger charge is -2.12. The summed E-state index contributed by atoms with van der Waals surface area (Å²) in [6.45, 7) is 1.96. The Morgan fingerprint density at radius 3 is 2.36 bits per heavy atom. The van der Waals surface area contributed by atoms with Gasteiger partial charge in [-0.15, -0.1) is 0 Å². The molecule has 0 amide bonds. The van der Waals surface area contributed by atoms with Crippen molar-refractivity contribution >= 4 is 15.6 Å². The smallest absolute Gasteiger partial charge is 0.111 e. The highest BCUT2D eigenvalue weighted by Gasteiger charge is 2.04. The third-order valence-electron chi connectivity index (χ3n) is 2.06. The van der Waals surface area contributed by atoms with Crippen LogP contribution in [0.15, 0.2) is 28.6 Å². The van der Waals surface area contributed by atoms with E-state index in [1.54, 1.807) is 24.7 Å². The molecule has 0 aliphatic heterocycles. The Bertz CT molecular complexity index is 432. The summed E-state index contributed by atoms with van der Waals surface area (Å²) in [7, 11) is 1.27. The van der Waals surface area contributed by atoms with Crippen molar-refractivity contribution in [3.63, 3.8) is 0 Å². The average Bonchev–Trinajstić information content (AvgIpc) is 2.08. The largest absolute Gasteiger partial charge is 0.234 e. The fourth-order valence-electron chi connectivity index (χ4n) is 0.930. The molecule has 0 aromatic heterocycles. The molecule has 1 aromatic rings. The molecule has 0 aliphatic rings. The molecule has 0 radical (unpaired) electrons. The van der Waals surface area contributed by atoms with Crippen molar-refractivity contribution in [2.45, 2.75) is 6.92 Å². The zero-order valence-corrected chi connectivity index (χ0v) is 9.84. The van der Waals surface area contributed by atoms with Crippen LogP contribution in [-0.4, -0.2) is 28.9 Å². The number of aryl methyl sites for hydroxylation is 1. The number of hydrogen-bond donors (Lipinski definition) is 0. The summed E-state index contributed by atoms with van der Waals surface area (Å²) in [5, 5.41) is 0. The predicted octanol–water partition coefficient (Wildman–Crippen LogP) is 2.20. The second-order valence-electron chi connectivity index (χ2n) is 3.45. The molecule has 1 rings (SSSR count). The zero-order valence-electron chi connectivity index (χ0n) is 9.02. The molecule has 0 spiro atoms. The molecule has 0 aliphatic carbocycles. The molecule has 4 heteroatoms. The van der Waals surface area contributed by atoms with Gasteiger partial charge in [0.05, 0.1) is 5.69 Å². The number of hydrogen-bond acceptors (Lipinski definition) is 2. The zero-order chi connectivity index (χ0) is 10.8. The number of rotatable bonds is 2. The van der Waals surface area contributed by atoms with Crippen LogP contribution < -0.4 is 0 Å². The maximum absolute atomic E-state index is 12.0. The van der Waals surface area contributed by atoms with Crippen LogP contribution in [0.2, 0.25) is 0 Å². The number of nitrogens with zero attached hydrogens (tertiary/aromatic N) is 2. The normalized spacial score (nSPS) is 15.2. The summed E-state index contributed by atoms with van der Waals surface area (Å²) < 4.78 is 17.8. The Labute approximate surface area is 86.1 Å². The topological polar surface area (TPSA) is 32.7 Å². The molecule has 14 heavy (non-hydrogen) atoms. The molecule has 0 saturated carbocycles. The third kappa shape index (κ3) is 2.56. The number of benzene rings is 1. The Kier molecular flexibility index (Phi) is 3.29. The van der Waals surface area contributed by atoms with E-state index in [1.165, 1.54) is 0 Å². The van der Waals surface area contributed by atoms with Crippen LogP contribution in [0.5, 0.6) is 0 Å². The van der Waals surface area contributed by atoms with Gasteiger partial charge >= 0.3 is 0 Å². The van der Waals surface area contributed by atoms with Crippen molar-refractivity contribution in [1.82, 2.24) is 4.31 Å². The first-order valence-corrected chi connectivity index (χ1v) is 6.27. The van der Waals surface area contributed by atoms with Crippen LogP contribution in [0.3, 0.4) is 0 Å². The maximum atomic E-state index is 12.0. The molecule has 0 saturated heterocycles. The van der Waals surface area contributed by atoms with Crippen molar-refractivity contribution in [2.75, 3.05) is 20.4 Å². The van der Waals surface area contributed by atoms with Crippen LogP contribution >= 0.6 is 0 Å². The molecule has 78 valence electrons. The van der Waals surface area contributed by atoms with E-state index in [0.717, 1.165) is 11.3 Å². The van der Waals surface area contributed by atoms with Gasteiger partial charge < -0.3 is 0 Å². The van der Waals surface area contributed by atoms with E-state index >= 15 is 0 Å². The third-order valence-corrected chi connectivity index (χ3v) is 3.95. The fourth-order valence-corrected chi connectivity index (χ4v) is 1.66. The Hall–Kier alpha value is -0.870. The standard InChI is InChI=1S/C10H16N2OS/c1-9-7-5-6-8-10(9)11-14(4,13)12(2)3/h5-8H,1-4H3. The van der Waals surface area contributed by atoms with Gasteiger partial charge in [-0.2, -0.15) is 4.36 Å². The molecule has 0 bridgehead atoms. The van der Waals surface area contributed by atoms with Gasteiger partial charge in [0.2, 0.25) is 0 Å². The van der Waals surface area contributed by atoms with Crippen molar-refractivity contribution in [3.8, 4) is 0 Å². The van der Waals surface area contributed by atoms with Gasteiger partial charge in [0.25, 0.3) is 0 Å². The van der Waals surface area contributed by atoms with Gasteiger partial charge in [0, 0.05) is 20.4 Å². The maximum Gasteiger partial charge on any atom is 0.111 e. The Morgan fingerprint density at radius 1 is 1.29 bits per heavy atom. The van der Waals surface area contributed by atoms with Crippen LogP contribution in [0, 0.1) is 6.92 Å². The van der Waals surface area contributed by atoms with Gasteiger partial charge in [-0.25, -0.2) is 8.51 Å². The minimum atomic E-state index is -2.27. The SMILES string of the molecule is Cc1ccccc1N=S(C)(=O)N(C)C. The molecule has 0 heterocycles.